The maximum absolute atomic E-state index is 9.32. The molecule has 0 aliphatic heterocycles. The first-order chi connectivity index (χ1) is 11.2. The van der Waals surface area contributed by atoms with E-state index in [1.165, 1.54) is 0 Å². The zero-order chi connectivity index (χ0) is 16.0. The van der Waals surface area contributed by atoms with Crippen LogP contribution >= 0.6 is 0 Å². The second kappa shape index (κ2) is 5.09. The van der Waals surface area contributed by atoms with Gasteiger partial charge in [-0.3, -0.25) is 0 Å². The summed E-state index contributed by atoms with van der Waals surface area (Å²) in [5, 5.41) is 22.2. The molecule has 7 heteroatoms. The van der Waals surface area contributed by atoms with E-state index in [4.69, 9.17) is 5.73 Å². The summed E-state index contributed by atoms with van der Waals surface area (Å²) in [6.45, 7) is 3.36. The number of anilines is 1. The molecule has 7 nitrogen and oxygen atoms in total. The molecule has 23 heavy (non-hydrogen) atoms. The van der Waals surface area contributed by atoms with Crippen molar-refractivity contribution >= 4 is 16.9 Å². The molecule has 1 aliphatic rings. The highest BCUT2D eigenvalue weighted by molar-refractivity contribution is 5.75. The number of nitrogens with zero attached hydrogens (tertiary/aromatic N) is 6. The molecule has 0 spiro atoms. The molecule has 1 saturated carbocycles. The van der Waals surface area contributed by atoms with Crippen LogP contribution < -0.4 is 5.73 Å². The van der Waals surface area contributed by atoms with Crippen LogP contribution in [0, 0.1) is 11.3 Å². The number of fused-ring (bicyclic) bond motifs is 1. The Morgan fingerprint density at radius 2 is 2.17 bits per heavy atom. The Labute approximate surface area is 133 Å². The highest BCUT2D eigenvalue weighted by atomic mass is 15.4. The minimum Gasteiger partial charge on any atom is -0.383 e. The average molecular weight is 307 g/mol. The molecule has 0 radical (unpaired) electrons. The standard InChI is InChI=1S/C16H17N7/c1-2-22-14-6-3-10(7-13(14)19-21-22)9-23-16(18)12(8-17)15(20-23)11-4-5-11/h3,6-7,11H,2,4-5,9,18H2,1H3. The maximum Gasteiger partial charge on any atom is 0.140 e. The number of hydrogen-bond donors (Lipinski definition) is 1. The number of hydrogen-bond acceptors (Lipinski definition) is 5. The summed E-state index contributed by atoms with van der Waals surface area (Å²) >= 11 is 0. The van der Waals surface area contributed by atoms with E-state index >= 15 is 0 Å². The van der Waals surface area contributed by atoms with Crippen molar-refractivity contribution in [2.45, 2.75) is 38.8 Å². The van der Waals surface area contributed by atoms with Crippen LogP contribution in [-0.2, 0) is 13.1 Å². The second-order valence-electron chi connectivity index (χ2n) is 5.92. The van der Waals surface area contributed by atoms with Crippen molar-refractivity contribution in [3.8, 4) is 6.07 Å². The largest absolute Gasteiger partial charge is 0.383 e. The summed E-state index contributed by atoms with van der Waals surface area (Å²) in [4.78, 5) is 0. The third-order valence-electron chi connectivity index (χ3n) is 4.30. The lowest BCUT2D eigenvalue weighted by Gasteiger charge is -2.04. The Morgan fingerprint density at radius 1 is 1.35 bits per heavy atom. The van der Waals surface area contributed by atoms with Gasteiger partial charge < -0.3 is 5.73 Å². The van der Waals surface area contributed by atoms with E-state index < -0.39 is 0 Å². The van der Waals surface area contributed by atoms with Crippen LogP contribution in [0.5, 0.6) is 0 Å². The van der Waals surface area contributed by atoms with E-state index in [1.54, 1.807) is 4.68 Å². The smallest absolute Gasteiger partial charge is 0.140 e. The molecule has 0 amide bonds. The quantitative estimate of drug-likeness (QED) is 0.795. The van der Waals surface area contributed by atoms with Crippen molar-refractivity contribution in [1.29, 1.82) is 5.26 Å². The fourth-order valence-corrected chi connectivity index (χ4v) is 2.89. The number of rotatable bonds is 4. The van der Waals surface area contributed by atoms with Crippen molar-refractivity contribution in [2.75, 3.05) is 5.73 Å². The summed E-state index contributed by atoms with van der Waals surface area (Å²) in [6.07, 6.45) is 2.19. The molecule has 2 aromatic heterocycles. The van der Waals surface area contributed by atoms with Gasteiger partial charge >= 0.3 is 0 Å². The highest BCUT2D eigenvalue weighted by Gasteiger charge is 2.31. The van der Waals surface area contributed by atoms with Gasteiger partial charge in [0.1, 0.15) is 23.0 Å². The van der Waals surface area contributed by atoms with Gasteiger partial charge in [-0.2, -0.15) is 10.4 Å². The minimum atomic E-state index is 0.403. The molecule has 0 atom stereocenters. The van der Waals surface area contributed by atoms with Crippen molar-refractivity contribution in [2.24, 2.45) is 0 Å². The van der Waals surface area contributed by atoms with Crippen LogP contribution in [0.25, 0.3) is 11.0 Å². The summed E-state index contributed by atoms with van der Waals surface area (Å²) < 4.78 is 3.58. The molecule has 116 valence electrons. The predicted molar refractivity (Wildman–Crippen MR) is 85.6 cm³/mol. The van der Waals surface area contributed by atoms with Crippen LogP contribution in [0.1, 0.15) is 42.5 Å². The predicted octanol–water partition coefficient (Wildman–Crippen LogP) is 2.03. The Bertz CT molecular complexity index is 924. The van der Waals surface area contributed by atoms with Crippen molar-refractivity contribution in [3.63, 3.8) is 0 Å². The fourth-order valence-electron chi connectivity index (χ4n) is 2.89. The third kappa shape index (κ3) is 2.23. The van der Waals surface area contributed by atoms with Crippen LogP contribution in [0.4, 0.5) is 5.82 Å². The Balaban J connectivity index is 1.69. The Hall–Kier alpha value is -2.88. The average Bonchev–Trinajstić information content (AvgIpc) is 3.25. The summed E-state index contributed by atoms with van der Waals surface area (Å²) in [5.74, 6) is 0.854. The first-order valence-electron chi connectivity index (χ1n) is 7.79. The number of aryl methyl sites for hydroxylation is 1. The van der Waals surface area contributed by atoms with Gasteiger partial charge in [0.2, 0.25) is 0 Å². The third-order valence-corrected chi connectivity index (χ3v) is 4.30. The maximum atomic E-state index is 9.32. The number of benzene rings is 1. The lowest BCUT2D eigenvalue weighted by molar-refractivity contribution is 0.646. The van der Waals surface area contributed by atoms with Gasteiger partial charge in [-0.15, -0.1) is 5.10 Å². The second-order valence-corrected chi connectivity index (χ2v) is 5.92. The van der Waals surface area contributed by atoms with E-state index in [-0.39, 0.29) is 0 Å². The lowest BCUT2D eigenvalue weighted by atomic mass is 10.2. The number of nitrogens with two attached hydrogens (primary N) is 1. The summed E-state index contributed by atoms with van der Waals surface area (Å²) in [5.41, 5.74) is 10.4. The van der Waals surface area contributed by atoms with Gasteiger partial charge in [-0.05, 0) is 37.5 Å². The molecule has 4 rings (SSSR count). The molecular weight excluding hydrogens is 290 g/mol. The summed E-state index contributed by atoms with van der Waals surface area (Å²) in [7, 11) is 0. The lowest BCUT2D eigenvalue weighted by Crippen LogP contribution is -2.06. The van der Waals surface area contributed by atoms with Gasteiger partial charge in [0, 0.05) is 12.5 Å². The zero-order valence-corrected chi connectivity index (χ0v) is 12.9. The molecule has 0 unspecified atom stereocenters. The molecule has 3 aromatic rings. The highest BCUT2D eigenvalue weighted by Crippen LogP contribution is 2.42. The van der Waals surface area contributed by atoms with E-state index in [9.17, 15) is 5.26 Å². The van der Waals surface area contributed by atoms with Crippen molar-refractivity contribution in [3.05, 3.63) is 35.0 Å². The molecule has 2 N–H and O–H groups in total. The normalized spacial score (nSPS) is 14.3. The zero-order valence-electron chi connectivity index (χ0n) is 12.9. The van der Waals surface area contributed by atoms with Crippen LogP contribution in [0.15, 0.2) is 18.2 Å². The SMILES string of the molecule is CCn1nnc2cc(Cn3nc(C4CC4)c(C#N)c3N)ccc21. The molecule has 1 fully saturated rings. The molecule has 1 aromatic carbocycles. The van der Waals surface area contributed by atoms with Gasteiger partial charge in [-0.1, -0.05) is 11.3 Å². The first-order valence-corrected chi connectivity index (χ1v) is 7.79. The molecule has 0 saturated heterocycles. The number of aromatic nitrogens is 5. The van der Waals surface area contributed by atoms with Gasteiger partial charge in [0.05, 0.1) is 17.8 Å². The van der Waals surface area contributed by atoms with Crippen LogP contribution in [0.3, 0.4) is 0 Å². The molecular formula is C16H17N7. The first kappa shape index (κ1) is 13.8. The van der Waals surface area contributed by atoms with Crippen molar-refractivity contribution < 1.29 is 0 Å². The molecule has 2 heterocycles. The topological polar surface area (TPSA) is 98.3 Å². The van der Waals surface area contributed by atoms with E-state index in [2.05, 4.69) is 21.5 Å². The van der Waals surface area contributed by atoms with E-state index in [0.717, 1.165) is 41.7 Å². The monoisotopic (exact) mass is 307 g/mol. The number of nitrogen functional groups attached to an aromatic ring is 1. The van der Waals surface area contributed by atoms with Crippen LogP contribution in [0.2, 0.25) is 0 Å². The molecule has 0 bridgehead atoms. The van der Waals surface area contributed by atoms with Gasteiger partial charge in [-0.25, -0.2) is 9.36 Å². The Morgan fingerprint density at radius 3 is 2.87 bits per heavy atom. The van der Waals surface area contributed by atoms with E-state index in [0.29, 0.717) is 23.8 Å². The van der Waals surface area contributed by atoms with Crippen molar-refractivity contribution in [1.82, 2.24) is 24.8 Å². The van der Waals surface area contributed by atoms with E-state index in [1.807, 2.05) is 29.8 Å². The summed E-state index contributed by atoms with van der Waals surface area (Å²) in [6, 6.07) is 8.24. The fraction of sp³-hybridized carbons (Fsp3) is 0.375. The van der Waals surface area contributed by atoms with Gasteiger partial charge in [0.25, 0.3) is 0 Å². The molecule has 1 aliphatic carbocycles. The van der Waals surface area contributed by atoms with Crippen LogP contribution in [-0.4, -0.2) is 24.8 Å². The minimum absolute atomic E-state index is 0.403. The number of nitriles is 1. The Kier molecular flexibility index (Phi) is 3.05. The van der Waals surface area contributed by atoms with Gasteiger partial charge in [0.15, 0.2) is 0 Å².